The number of nitrogens with one attached hydrogen (secondary N) is 1. The van der Waals surface area contributed by atoms with Gasteiger partial charge in [0.1, 0.15) is 0 Å². The molecule has 0 aromatic carbocycles. The zero-order valence-corrected chi connectivity index (χ0v) is 13.2. The standard InChI is InChI=1S/C16H26N4O/c1-12-15(13(2)18-17-12)16(21)20-10-6-14(7-11-20)19-8-4-3-5-9-19/h14H,3-11H2,1-2H3,(H,17,18). The fraction of sp³-hybridized carbons (Fsp3) is 0.750. The summed E-state index contributed by atoms with van der Waals surface area (Å²) in [4.78, 5) is 17.3. The van der Waals surface area contributed by atoms with Crippen molar-refractivity contribution in [2.24, 2.45) is 0 Å². The highest BCUT2D eigenvalue weighted by Gasteiger charge is 2.29. The summed E-state index contributed by atoms with van der Waals surface area (Å²) >= 11 is 0. The summed E-state index contributed by atoms with van der Waals surface area (Å²) in [5.74, 6) is 0.149. The lowest BCUT2D eigenvalue weighted by molar-refractivity contribution is 0.0589. The first-order valence-corrected chi connectivity index (χ1v) is 8.21. The van der Waals surface area contributed by atoms with Crippen molar-refractivity contribution < 1.29 is 4.79 Å². The van der Waals surface area contributed by atoms with Gasteiger partial charge in [-0.05, 0) is 52.6 Å². The summed E-state index contributed by atoms with van der Waals surface area (Å²) in [6, 6.07) is 0.681. The quantitative estimate of drug-likeness (QED) is 0.907. The predicted octanol–water partition coefficient (Wildman–Crippen LogP) is 2.12. The summed E-state index contributed by atoms with van der Waals surface area (Å²) in [5, 5.41) is 7.05. The van der Waals surface area contributed by atoms with Gasteiger partial charge >= 0.3 is 0 Å². The maximum Gasteiger partial charge on any atom is 0.257 e. The van der Waals surface area contributed by atoms with Gasteiger partial charge in [0, 0.05) is 24.8 Å². The molecule has 0 radical (unpaired) electrons. The van der Waals surface area contributed by atoms with Gasteiger partial charge in [-0.1, -0.05) is 6.42 Å². The lowest BCUT2D eigenvalue weighted by Gasteiger charge is -2.40. The summed E-state index contributed by atoms with van der Waals surface area (Å²) < 4.78 is 0. The van der Waals surface area contributed by atoms with Crippen LogP contribution >= 0.6 is 0 Å². The Hall–Kier alpha value is -1.36. The van der Waals surface area contributed by atoms with Gasteiger partial charge in [0.25, 0.3) is 5.91 Å². The molecule has 2 aliphatic heterocycles. The molecule has 0 bridgehead atoms. The average molecular weight is 290 g/mol. The Morgan fingerprint density at radius 1 is 1.10 bits per heavy atom. The zero-order chi connectivity index (χ0) is 14.8. The van der Waals surface area contributed by atoms with Crippen LogP contribution in [0.1, 0.15) is 53.8 Å². The van der Waals surface area contributed by atoms with Gasteiger partial charge < -0.3 is 9.80 Å². The number of hydrogen-bond acceptors (Lipinski definition) is 3. The summed E-state index contributed by atoms with van der Waals surface area (Å²) in [6.07, 6.45) is 6.29. The molecule has 1 aromatic rings. The summed E-state index contributed by atoms with van der Waals surface area (Å²) in [5.41, 5.74) is 2.47. The molecule has 1 amide bonds. The van der Waals surface area contributed by atoms with E-state index in [4.69, 9.17) is 0 Å². The normalized spacial score (nSPS) is 21.7. The number of amides is 1. The molecule has 1 N–H and O–H groups in total. The van der Waals surface area contributed by atoms with E-state index in [-0.39, 0.29) is 5.91 Å². The number of piperidine rings is 2. The van der Waals surface area contributed by atoms with Crippen LogP contribution < -0.4 is 0 Å². The first kappa shape index (κ1) is 14.6. The summed E-state index contributed by atoms with van der Waals surface area (Å²) in [7, 11) is 0. The molecule has 21 heavy (non-hydrogen) atoms. The van der Waals surface area contributed by atoms with Crippen LogP contribution in [0.15, 0.2) is 0 Å². The Labute approximate surface area is 126 Å². The summed E-state index contributed by atoms with van der Waals surface area (Å²) in [6.45, 7) is 8.08. The van der Waals surface area contributed by atoms with Gasteiger partial charge in [-0.15, -0.1) is 0 Å². The van der Waals surface area contributed by atoms with Crippen LogP contribution in [-0.2, 0) is 0 Å². The van der Waals surface area contributed by atoms with Gasteiger partial charge in [0.2, 0.25) is 0 Å². The van der Waals surface area contributed by atoms with Crippen molar-refractivity contribution in [3.63, 3.8) is 0 Å². The third-order valence-corrected chi connectivity index (χ3v) is 5.00. The first-order valence-electron chi connectivity index (χ1n) is 8.21. The highest BCUT2D eigenvalue weighted by atomic mass is 16.2. The molecule has 5 nitrogen and oxygen atoms in total. The topological polar surface area (TPSA) is 52.2 Å². The number of carbonyl (C=O) groups excluding carboxylic acids is 1. The van der Waals surface area contributed by atoms with Crippen LogP contribution in [0, 0.1) is 13.8 Å². The van der Waals surface area contributed by atoms with Crippen LogP contribution in [0.25, 0.3) is 0 Å². The minimum Gasteiger partial charge on any atom is -0.338 e. The number of hydrogen-bond donors (Lipinski definition) is 1. The Morgan fingerprint density at radius 3 is 2.33 bits per heavy atom. The van der Waals surface area contributed by atoms with Gasteiger partial charge in [0.15, 0.2) is 0 Å². The lowest BCUT2D eigenvalue weighted by atomic mass is 9.99. The van der Waals surface area contributed by atoms with Crippen LogP contribution in [-0.4, -0.2) is 58.1 Å². The number of aromatic amines is 1. The van der Waals surface area contributed by atoms with Crippen LogP contribution in [0.4, 0.5) is 0 Å². The first-order chi connectivity index (χ1) is 10.2. The van der Waals surface area contributed by atoms with Gasteiger partial charge in [-0.3, -0.25) is 9.89 Å². The number of likely N-dealkylation sites (tertiary alicyclic amines) is 2. The molecule has 0 aliphatic carbocycles. The van der Waals surface area contributed by atoms with E-state index < -0.39 is 0 Å². The Morgan fingerprint density at radius 2 is 1.76 bits per heavy atom. The molecule has 0 unspecified atom stereocenters. The minimum atomic E-state index is 0.149. The molecular weight excluding hydrogens is 264 g/mol. The molecular formula is C16H26N4O. The fourth-order valence-corrected chi connectivity index (χ4v) is 3.74. The lowest BCUT2D eigenvalue weighted by Crippen LogP contribution is -2.48. The van der Waals surface area contributed by atoms with E-state index >= 15 is 0 Å². The molecule has 2 fully saturated rings. The molecule has 3 heterocycles. The van der Waals surface area contributed by atoms with Gasteiger partial charge in [-0.2, -0.15) is 5.10 Å². The van der Waals surface area contributed by atoms with Crippen molar-refractivity contribution in [3.05, 3.63) is 17.0 Å². The fourth-order valence-electron chi connectivity index (χ4n) is 3.74. The highest BCUT2D eigenvalue weighted by molar-refractivity contribution is 5.96. The van der Waals surface area contributed by atoms with E-state index in [1.165, 1.54) is 32.4 Å². The van der Waals surface area contributed by atoms with Crippen molar-refractivity contribution in [1.82, 2.24) is 20.0 Å². The third-order valence-electron chi connectivity index (χ3n) is 5.00. The van der Waals surface area contributed by atoms with E-state index in [0.717, 1.165) is 42.9 Å². The van der Waals surface area contributed by atoms with E-state index in [2.05, 4.69) is 15.1 Å². The van der Waals surface area contributed by atoms with Gasteiger partial charge in [0.05, 0.1) is 11.3 Å². The maximum atomic E-state index is 12.6. The zero-order valence-electron chi connectivity index (χ0n) is 13.2. The Kier molecular flexibility index (Phi) is 4.29. The second-order valence-electron chi connectivity index (χ2n) is 6.43. The van der Waals surface area contributed by atoms with E-state index in [1.807, 2.05) is 18.7 Å². The number of rotatable bonds is 2. The maximum absolute atomic E-state index is 12.6. The molecule has 5 heteroatoms. The van der Waals surface area contributed by atoms with Crippen molar-refractivity contribution in [3.8, 4) is 0 Å². The molecule has 2 saturated heterocycles. The largest absolute Gasteiger partial charge is 0.338 e. The van der Waals surface area contributed by atoms with E-state index in [0.29, 0.717) is 6.04 Å². The average Bonchev–Trinajstić information content (AvgIpc) is 2.87. The van der Waals surface area contributed by atoms with Crippen molar-refractivity contribution in [2.45, 2.75) is 52.0 Å². The van der Waals surface area contributed by atoms with Crippen LogP contribution in [0.2, 0.25) is 0 Å². The number of carbonyl (C=O) groups is 1. The Balaban J connectivity index is 1.59. The molecule has 2 aliphatic rings. The molecule has 0 atom stereocenters. The van der Waals surface area contributed by atoms with E-state index in [9.17, 15) is 4.79 Å². The number of H-pyrrole nitrogens is 1. The van der Waals surface area contributed by atoms with Gasteiger partial charge in [-0.25, -0.2) is 0 Å². The van der Waals surface area contributed by atoms with Crippen molar-refractivity contribution >= 4 is 5.91 Å². The monoisotopic (exact) mass is 290 g/mol. The molecule has 0 spiro atoms. The molecule has 116 valence electrons. The van der Waals surface area contributed by atoms with E-state index in [1.54, 1.807) is 0 Å². The number of aryl methyl sites for hydroxylation is 2. The van der Waals surface area contributed by atoms with Crippen LogP contribution in [0.3, 0.4) is 0 Å². The highest BCUT2D eigenvalue weighted by Crippen LogP contribution is 2.22. The molecule has 1 aromatic heterocycles. The third kappa shape index (κ3) is 2.98. The second kappa shape index (κ2) is 6.18. The number of aromatic nitrogens is 2. The second-order valence-corrected chi connectivity index (χ2v) is 6.43. The van der Waals surface area contributed by atoms with Crippen molar-refractivity contribution in [2.75, 3.05) is 26.2 Å². The SMILES string of the molecule is Cc1n[nH]c(C)c1C(=O)N1CCC(N2CCCCC2)CC1. The Bertz CT molecular complexity index is 477. The van der Waals surface area contributed by atoms with Crippen LogP contribution in [0.5, 0.6) is 0 Å². The number of nitrogens with zero attached hydrogens (tertiary/aromatic N) is 3. The van der Waals surface area contributed by atoms with Crippen molar-refractivity contribution in [1.29, 1.82) is 0 Å². The smallest absolute Gasteiger partial charge is 0.257 e. The minimum absolute atomic E-state index is 0.149. The molecule has 0 saturated carbocycles. The molecule has 3 rings (SSSR count). The predicted molar refractivity (Wildman–Crippen MR) is 82.4 cm³/mol.